The van der Waals surface area contributed by atoms with Gasteiger partial charge in [-0.15, -0.1) is 0 Å². The largest absolute Gasteiger partial charge is 0.462 e. The Morgan fingerprint density at radius 3 is 1.44 bits per heavy atom. The topological polar surface area (TPSA) is 26.3 Å². The van der Waals surface area contributed by atoms with Crippen molar-refractivity contribution in [2.45, 2.75) is 38.8 Å². The third-order valence-corrected chi connectivity index (χ3v) is 2.92. The molecular formula is C12H11F11O2. The van der Waals surface area contributed by atoms with Crippen LogP contribution >= 0.6 is 0 Å². The molecule has 0 aromatic carbocycles. The predicted molar refractivity (Wildman–Crippen MR) is 60.3 cm³/mol. The zero-order chi connectivity index (χ0) is 20.4. The van der Waals surface area contributed by atoms with Gasteiger partial charge in [0, 0.05) is 6.42 Å². The van der Waals surface area contributed by atoms with Gasteiger partial charge in [-0.25, -0.2) is 4.79 Å². The predicted octanol–water partition coefficient (Wildman–Crippen LogP) is 5.40. The van der Waals surface area contributed by atoms with E-state index in [4.69, 9.17) is 0 Å². The van der Waals surface area contributed by atoms with Gasteiger partial charge >= 0.3 is 24.5 Å². The van der Waals surface area contributed by atoms with E-state index in [9.17, 15) is 53.1 Å². The quantitative estimate of drug-likeness (QED) is 0.354. The van der Waals surface area contributed by atoms with Crippen LogP contribution in [0.3, 0.4) is 0 Å². The molecule has 0 saturated carbocycles. The molecule has 0 aliphatic carbocycles. The zero-order valence-corrected chi connectivity index (χ0v) is 12.5. The van der Waals surface area contributed by atoms with Gasteiger partial charge in [0.25, 0.3) is 11.5 Å². The number of carbonyl (C=O) groups is 1. The molecule has 0 amide bonds. The number of esters is 1. The Labute approximate surface area is 133 Å². The van der Waals surface area contributed by atoms with Gasteiger partial charge in [0.05, 0.1) is 6.61 Å². The minimum absolute atomic E-state index is 0.564. The Kier molecular flexibility index (Phi) is 6.90. The summed E-state index contributed by atoms with van der Waals surface area (Å²) in [4.78, 5) is 11.3. The normalized spacial score (nSPS) is 13.8. The maximum Gasteiger partial charge on any atom is 0.412 e. The number of hydrogen-bond donors (Lipinski definition) is 0. The van der Waals surface area contributed by atoms with Crippen LogP contribution in [0.4, 0.5) is 48.3 Å². The Morgan fingerprint density at radius 1 is 0.840 bits per heavy atom. The van der Waals surface area contributed by atoms with E-state index in [2.05, 4.69) is 4.74 Å². The van der Waals surface area contributed by atoms with E-state index in [1.807, 2.05) is 0 Å². The second-order valence-electron chi connectivity index (χ2n) is 5.31. The van der Waals surface area contributed by atoms with E-state index in [1.54, 1.807) is 0 Å². The lowest BCUT2D eigenvalue weighted by Gasteiger charge is -2.38. The average molecular weight is 396 g/mol. The van der Waals surface area contributed by atoms with Gasteiger partial charge in [-0.2, -0.15) is 48.3 Å². The summed E-state index contributed by atoms with van der Waals surface area (Å²) in [7, 11) is 0. The number of carbonyl (C=O) groups excluding carboxylic acids is 1. The van der Waals surface area contributed by atoms with Crippen molar-refractivity contribution in [1.29, 1.82) is 0 Å². The summed E-state index contributed by atoms with van der Waals surface area (Å²) >= 11 is 0. The molecule has 0 saturated heterocycles. The first-order valence-electron chi connectivity index (χ1n) is 6.30. The number of hydrogen-bond acceptors (Lipinski definition) is 2. The summed E-state index contributed by atoms with van der Waals surface area (Å²) in [5.41, 5.74) is -9.20. The molecule has 0 fully saturated rings. The van der Waals surface area contributed by atoms with Crippen LogP contribution in [0, 0.1) is 11.3 Å². The van der Waals surface area contributed by atoms with Crippen LogP contribution in [0.2, 0.25) is 0 Å². The maximum absolute atomic E-state index is 12.7. The third-order valence-electron chi connectivity index (χ3n) is 2.92. The van der Waals surface area contributed by atoms with E-state index < -0.39 is 60.5 Å². The minimum atomic E-state index is -7.05. The fourth-order valence-electron chi connectivity index (χ4n) is 1.59. The van der Waals surface area contributed by atoms with Crippen LogP contribution in [0.5, 0.6) is 0 Å². The van der Waals surface area contributed by atoms with Gasteiger partial charge in [0.1, 0.15) is 5.57 Å². The van der Waals surface area contributed by atoms with Crippen molar-refractivity contribution in [2.75, 3.05) is 6.61 Å². The first-order valence-corrected chi connectivity index (χ1v) is 6.30. The Morgan fingerprint density at radius 2 is 1.20 bits per heavy atom. The third kappa shape index (κ3) is 4.97. The van der Waals surface area contributed by atoms with Crippen LogP contribution in [0.15, 0.2) is 11.7 Å². The first-order chi connectivity index (χ1) is 10.9. The molecule has 0 rings (SSSR count). The summed E-state index contributed by atoms with van der Waals surface area (Å²) in [5, 5.41) is 0. The van der Waals surface area contributed by atoms with Crippen molar-refractivity contribution in [3.05, 3.63) is 11.7 Å². The smallest absolute Gasteiger partial charge is 0.412 e. The van der Waals surface area contributed by atoms with Crippen molar-refractivity contribution in [3.8, 4) is 0 Å². The molecule has 25 heavy (non-hydrogen) atoms. The van der Waals surface area contributed by atoms with Gasteiger partial charge in [-0.3, -0.25) is 0 Å². The molecule has 0 aliphatic rings. The van der Waals surface area contributed by atoms with Crippen molar-refractivity contribution < 1.29 is 57.8 Å². The van der Waals surface area contributed by atoms with E-state index in [0.29, 0.717) is 0 Å². The molecule has 0 unspecified atom stereocenters. The highest BCUT2D eigenvalue weighted by Gasteiger charge is 2.83. The second-order valence-corrected chi connectivity index (χ2v) is 5.31. The van der Waals surface area contributed by atoms with Gasteiger partial charge in [0.2, 0.25) is 0 Å². The van der Waals surface area contributed by atoms with Crippen LogP contribution < -0.4 is 0 Å². The SMILES string of the molecule is CC(C)COC(=O)C(CC(C(F)(F)F)(C(F)(F)F)C(F)(F)F)=C(F)F. The number of halogens is 11. The molecule has 0 N–H and O–H groups in total. The van der Waals surface area contributed by atoms with Crippen LogP contribution in [0.25, 0.3) is 0 Å². The standard InChI is InChI=1S/C12H11F11O2/c1-5(2)4-25-8(24)6(7(13)14)3-9(10(15,16)17,11(18,19)20)12(21,22)23/h5H,3-4H2,1-2H3. The molecule has 0 aromatic heterocycles. The fraction of sp³-hybridized carbons (Fsp3) is 0.750. The average Bonchev–Trinajstić information content (AvgIpc) is 2.31. The van der Waals surface area contributed by atoms with Crippen LogP contribution in [0.1, 0.15) is 20.3 Å². The Hall–Kier alpha value is -1.56. The van der Waals surface area contributed by atoms with Crippen molar-refractivity contribution in [2.24, 2.45) is 11.3 Å². The van der Waals surface area contributed by atoms with Gasteiger partial charge in [-0.1, -0.05) is 13.8 Å². The lowest BCUT2D eigenvalue weighted by molar-refractivity contribution is -0.426. The molecule has 0 heterocycles. The molecule has 0 radical (unpaired) electrons. The fourth-order valence-corrected chi connectivity index (χ4v) is 1.59. The molecule has 148 valence electrons. The van der Waals surface area contributed by atoms with E-state index in [1.165, 1.54) is 13.8 Å². The van der Waals surface area contributed by atoms with Gasteiger partial charge in [-0.05, 0) is 5.92 Å². The monoisotopic (exact) mass is 396 g/mol. The minimum Gasteiger partial charge on any atom is -0.462 e. The van der Waals surface area contributed by atoms with Gasteiger partial charge < -0.3 is 4.74 Å². The summed E-state index contributed by atoms with van der Waals surface area (Å²) in [6.45, 7) is 1.98. The summed E-state index contributed by atoms with van der Waals surface area (Å²) in [6, 6.07) is 0. The molecule has 0 bridgehead atoms. The number of alkyl halides is 9. The summed E-state index contributed by atoms with van der Waals surface area (Å²) in [6.07, 6.45) is -28.0. The number of rotatable bonds is 5. The number of ether oxygens (including phenoxy) is 1. The highest BCUT2D eigenvalue weighted by atomic mass is 19.4. The van der Waals surface area contributed by atoms with Crippen LogP contribution in [-0.4, -0.2) is 31.1 Å². The zero-order valence-electron chi connectivity index (χ0n) is 12.5. The molecule has 13 heteroatoms. The van der Waals surface area contributed by atoms with Crippen molar-refractivity contribution in [3.63, 3.8) is 0 Å². The second kappa shape index (κ2) is 7.36. The van der Waals surface area contributed by atoms with Gasteiger partial charge in [0.15, 0.2) is 0 Å². The lowest BCUT2D eigenvalue weighted by atomic mass is 9.79. The molecular weight excluding hydrogens is 385 g/mol. The van der Waals surface area contributed by atoms with E-state index in [-0.39, 0.29) is 0 Å². The Balaban J connectivity index is 6.25. The van der Waals surface area contributed by atoms with E-state index >= 15 is 0 Å². The summed E-state index contributed by atoms with van der Waals surface area (Å²) in [5.74, 6) is -2.96. The molecule has 0 aliphatic heterocycles. The van der Waals surface area contributed by atoms with E-state index in [0.717, 1.165) is 0 Å². The van der Waals surface area contributed by atoms with Crippen LogP contribution in [-0.2, 0) is 9.53 Å². The molecule has 2 nitrogen and oxygen atoms in total. The summed E-state index contributed by atoms with van der Waals surface area (Å²) < 4.78 is 144. The highest BCUT2D eigenvalue weighted by Crippen LogP contribution is 2.62. The lowest BCUT2D eigenvalue weighted by Crippen LogP contribution is -2.60. The molecule has 0 atom stereocenters. The van der Waals surface area contributed by atoms with Crippen molar-refractivity contribution >= 4 is 5.97 Å². The molecule has 0 spiro atoms. The highest BCUT2D eigenvalue weighted by molar-refractivity contribution is 5.88. The maximum atomic E-state index is 12.7. The van der Waals surface area contributed by atoms with Crippen molar-refractivity contribution in [1.82, 2.24) is 0 Å². The first kappa shape index (κ1) is 23.4. The Bertz CT molecular complexity index is 471. The molecule has 0 aromatic rings.